The van der Waals surface area contributed by atoms with Crippen molar-refractivity contribution in [3.8, 4) is 0 Å². The van der Waals surface area contributed by atoms with E-state index in [1.807, 2.05) is 37.3 Å². The van der Waals surface area contributed by atoms with E-state index >= 15 is 0 Å². The highest BCUT2D eigenvalue weighted by atomic mass is 16.3. The number of amides is 1. The van der Waals surface area contributed by atoms with Gasteiger partial charge in [-0.15, -0.1) is 0 Å². The zero-order valence-electron chi connectivity index (χ0n) is 10.1. The quantitative estimate of drug-likeness (QED) is 0.684. The summed E-state index contributed by atoms with van der Waals surface area (Å²) in [5.41, 5.74) is 6.32. The van der Waals surface area contributed by atoms with Gasteiger partial charge in [0.15, 0.2) is 0 Å². The standard InChI is InChI=1S/C13H20N2O2/c1-10(7-8-14)13(17)15-12(9-16)11-5-3-2-4-6-11/h2-6,10,12,16H,7-9,14H2,1H3,(H,15,17)/t10?,12-/m1/s1. The number of aliphatic hydroxyl groups excluding tert-OH is 1. The van der Waals surface area contributed by atoms with Gasteiger partial charge in [0.1, 0.15) is 0 Å². The number of benzene rings is 1. The molecule has 0 aliphatic heterocycles. The van der Waals surface area contributed by atoms with E-state index in [4.69, 9.17) is 5.73 Å². The van der Waals surface area contributed by atoms with Crippen LogP contribution < -0.4 is 11.1 Å². The molecule has 1 unspecified atom stereocenters. The van der Waals surface area contributed by atoms with E-state index < -0.39 is 0 Å². The third-order valence-corrected chi connectivity index (χ3v) is 2.75. The lowest BCUT2D eigenvalue weighted by Crippen LogP contribution is -2.35. The van der Waals surface area contributed by atoms with Gasteiger partial charge < -0.3 is 16.2 Å². The molecule has 1 aromatic carbocycles. The Morgan fingerprint density at radius 2 is 2.06 bits per heavy atom. The SMILES string of the molecule is CC(CCN)C(=O)N[C@H](CO)c1ccccc1. The van der Waals surface area contributed by atoms with Gasteiger partial charge in [-0.1, -0.05) is 37.3 Å². The molecule has 4 N–H and O–H groups in total. The van der Waals surface area contributed by atoms with Crippen LogP contribution >= 0.6 is 0 Å². The van der Waals surface area contributed by atoms with Gasteiger partial charge >= 0.3 is 0 Å². The first-order valence-electron chi connectivity index (χ1n) is 5.85. The molecule has 0 aliphatic rings. The van der Waals surface area contributed by atoms with E-state index in [0.29, 0.717) is 13.0 Å². The molecule has 0 radical (unpaired) electrons. The fourth-order valence-electron chi connectivity index (χ4n) is 1.61. The molecule has 1 aromatic rings. The number of aliphatic hydroxyl groups is 1. The largest absolute Gasteiger partial charge is 0.394 e. The Labute approximate surface area is 102 Å². The first kappa shape index (κ1) is 13.7. The number of hydrogen-bond donors (Lipinski definition) is 3. The Bertz CT molecular complexity index is 341. The Hall–Kier alpha value is -1.39. The molecule has 4 heteroatoms. The van der Waals surface area contributed by atoms with Gasteiger partial charge in [-0.05, 0) is 18.5 Å². The van der Waals surface area contributed by atoms with Gasteiger partial charge in [-0.25, -0.2) is 0 Å². The van der Waals surface area contributed by atoms with Crippen LogP contribution in [0.4, 0.5) is 0 Å². The highest BCUT2D eigenvalue weighted by Crippen LogP contribution is 2.13. The maximum absolute atomic E-state index is 11.8. The van der Waals surface area contributed by atoms with Crippen LogP contribution in [0.1, 0.15) is 24.9 Å². The predicted octanol–water partition coefficient (Wildman–Crippen LogP) is 0.821. The number of nitrogens with one attached hydrogen (secondary N) is 1. The predicted molar refractivity (Wildman–Crippen MR) is 67.2 cm³/mol. The first-order chi connectivity index (χ1) is 8.19. The molecular weight excluding hydrogens is 216 g/mol. The second-order valence-corrected chi connectivity index (χ2v) is 4.13. The Balaban J connectivity index is 2.62. The summed E-state index contributed by atoms with van der Waals surface area (Å²) in [6, 6.07) is 9.09. The van der Waals surface area contributed by atoms with Crippen molar-refractivity contribution in [2.45, 2.75) is 19.4 Å². The fourth-order valence-corrected chi connectivity index (χ4v) is 1.61. The zero-order valence-corrected chi connectivity index (χ0v) is 10.1. The second-order valence-electron chi connectivity index (χ2n) is 4.13. The monoisotopic (exact) mass is 236 g/mol. The molecule has 0 heterocycles. The summed E-state index contributed by atoms with van der Waals surface area (Å²) in [4.78, 5) is 11.8. The van der Waals surface area contributed by atoms with Crippen LogP contribution in [0, 0.1) is 5.92 Å². The summed E-state index contributed by atoms with van der Waals surface area (Å²) in [6.07, 6.45) is 0.652. The summed E-state index contributed by atoms with van der Waals surface area (Å²) >= 11 is 0. The molecule has 17 heavy (non-hydrogen) atoms. The third-order valence-electron chi connectivity index (χ3n) is 2.75. The molecular formula is C13H20N2O2. The molecule has 0 spiro atoms. The number of nitrogens with two attached hydrogens (primary N) is 1. The van der Waals surface area contributed by atoms with Crippen molar-refractivity contribution in [2.75, 3.05) is 13.2 Å². The van der Waals surface area contributed by atoms with E-state index in [0.717, 1.165) is 5.56 Å². The molecule has 0 fully saturated rings. The number of rotatable bonds is 6. The molecule has 4 nitrogen and oxygen atoms in total. The minimum absolute atomic E-state index is 0.0710. The minimum atomic E-state index is -0.344. The normalized spacial score (nSPS) is 14.1. The van der Waals surface area contributed by atoms with Crippen LogP contribution in [0.5, 0.6) is 0 Å². The highest BCUT2D eigenvalue weighted by Gasteiger charge is 2.17. The highest BCUT2D eigenvalue weighted by molar-refractivity contribution is 5.78. The van der Waals surface area contributed by atoms with Crippen molar-refractivity contribution in [3.63, 3.8) is 0 Å². The van der Waals surface area contributed by atoms with E-state index in [-0.39, 0.29) is 24.5 Å². The van der Waals surface area contributed by atoms with Crippen LogP contribution in [0.2, 0.25) is 0 Å². The number of carbonyl (C=O) groups is 1. The Kier molecular flexibility index (Phi) is 5.66. The molecule has 2 atom stereocenters. The number of hydrogen-bond acceptors (Lipinski definition) is 3. The lowest BCUT2D eigenvalue weighted by Gasteiger charge is -2.19. The molecule has 1 amide bonds. The summed E-state index contributed by atoms with van der Waals surface area (Å²) in [7, 11) is 0. The van der Waals surface area contributed by atoms with Crippen LogP contribution in [-0.2, 0) is 4.79 Å². The molecule has 0 aliphatic carbocycles. The van der Waals surface area contributed by atoms with Gasteiger partial charge in [0.2, 0.25) is 5.91 Å². The summed E-state index contributed by atoms with van der Waals surface area (Å²) in [5.74, 6) is -0.198. The van der Waals surface area contributed by atoms with Gasteiger partial charge in [0.05, 0.1) is 12.6 Å². The van der Waals surface area contributed by atoms with E-state index in [2.05, 4.69) is 5.32 Å². The van der Waals surface area contributed by atoms with Crippen molar-refractivity contribution in [1.29, 1.82) is 0 Å². The van der Waals surface area contributed by atoms with Crippen molar-refractivity contribution in [1.82, 2.24) is 5.32 Å². The average molecular weight is 236 g/mol. The summed E-state index contributed by atoms with van der Waals surface area (Å²) in [6.45, 7) is 2.22. The summed E-state index contributed by atoms with van der Waals surface area (Å²) < 4.78 is 0. The zero-order chi connectivity index (χ0) is 12.7. The van der Waals surface area contributed by atoms with Crippen LogP contribution in [0.3, 0.4) is 0 Å². The Morgan fingerprint density at radius 1 is 1.41 bits per heavy atom. The van der Waals surface area contributed by atoms with Crippen molar-refractivity contribution in [3.05, 3.63) is 35.9 Å². The minimum Gasteiger partial charge on any atom is -0.394 e. The van der Waals surface area contributed by atoms with E-state index in [1.54, 1.807) is 0 Å². The molecule has 94 valence electrons. The van der Waals surface area contributed by atoms with Crippen LogP contribution in [-0.4, -0.2) is 24.2 Å². The van der Waals surface area contributed by atoms with E-state index in [1.165, 1.54) is 0 Å². The lowest BCUT2D eigenvalue weighted by molar-refractivity contribution is -0.125. The molecule has 0 aromatic heterocycles. The second kappa shape index (κ2) is 7.04. The molecule has 1 rings (SSSR count). The topological polar surface area (TPSA) is 75.4 Å². The van der Waals surface area contributed by atoms with Gasteiger partial charge in [-0.3, -0.25) is 4.79 Å². The fraction of sp³-hybridized carbons (Fsp3) is 0.462. The van der Waals surface area contributed by atoms with E-state index in [9.17, 15) is 9.90 Å². The smallest absolute Gasteiger partial charge is 0.223 e. The average Bonchev–Trinajstić information content (AvgIpc) is 2.37. The first-order valence-corrected chi connectivity index (χ1v) is 5.85. The maximum Gasteiger partial charge on any atom is 0.223 e. The van der Waals surface area contributed by atoms with Crippen molar-refractivity contribution >= 4 is 5.91 Å². The molecule has 0 saturated heterocycles. The van der Waals surface area contributed by atoms with Crippen LogP contribution in [0.25, 0.3) is 0 Å². The summed E-state index contributed by atoms with van der Waals surface area (Å²) in [5, 5.41) is 12.1. The van der Waals surface area contributed by atoms with Gasteiger partial charge in [0, 0.05) is 5.92 Å². The van der Waals surface area contributed by atoms with Crippen molar-refractivity contribution < 1.29 is 9.90 Å². The molecule has 0 bridgehead atoms. The third kappa shape index (κ3) is 4.17. The molecule has 0 saturated carbocycles. The van der Waals surface area contributed by atoms with Gasteiger partial charge in [0.25, 0.3) is 0 Å². The number of carbonyl (C=O) groups excluding carboxylic acids is 1. The van der Waals surface area contributed by atoms with Crippen LogP contribution in [0.15, 0.2) is 30.3 Å². The lowest BCUT2D eigenvalue weighted by atomic mass is 10.0. The Morgan fingerprint density at radius 3 is 2.59 bits per heavy atom. The van der Waals surface area contributed by atoms with Gasteiger partial charge in [-0.2, -0.15) is 0 Å². The maximum atomic E-state index is 11.8. The van der Waals surface area contributed by atoms with Crippen molar-refractivity contribution in [2.24, 2.45) is 11.7 Å².